The second-order valence-electron chi connectivity index (χ2n) is 4.45. The number of hydrogen-bond donors (Lipinski definition) is 0. The average molecular weight is 397 g/mol. The highest BCUT2D eigenvalue weighted by atomic mass is 79.9. The molecule has 0 bridgehead atoms. The van der Waals surface area contributed by atoms with Crippen LogP contribution in [0.5, 0.6) is 0 Å². The number of hydrogen-bond acceptors (Lipinski definition) is 3. The highest BCUT2D eigenvalue weighted by molar-refractivity contribution is 9.10. The van der Waals surface area contributed by atoms with Gasteiger partial charge in [0.25, 0.3) is 0 Å². The number of rotatable bonds is 2. The average Bonchev–Trinajstić information content (AvgIpc) is 2.84. The first-order valence-electron chi connectivity index (χ1n) is 6.28. The lowest BCUT2D eigenvalue weighted by Gasteiger charge is -2.01. The molecule has 1 aliphatic rings. The van der Waals surface area contributed by atoms with Crippen molar-refractivity contribution in [1.82, 2.24) is 0 Å². The fraction of sp³-hybridized carbons (Fsp3) is 0. The van der Waals surface area contributed by atoms with Crippen LogP contribution in [0.3, 0.4) is 0 Å². The van der Waals surface area contributed by atoms with E-state index in [0.29, 0.717) is 21.2 Å². The Morgan fingerprint density at radius 2 is 1.73 bits per heavy atom. The summed E-state index contributed by atoms with van der Waals surface area (Å²) in [6.07, 6.45) is 1.52. The Morgan fingerprint density at radius 3 is 2.41 bits per heavy atom. The molecule has 0 aliphatic carbocycles. The topological polar surface area (TPSA) is 38.7 Å². The lowest BCUT2D eigenvalue weighted by molar-refractivity contribution is -0.129. The number of ether oxygens (including phenoxy) is 1. The smallest absolute Gasteiger partial charge is 0.363 e. The van der Waals surface area contributed by atoms with E-state index in [1.165, 1.54) is 6.08 Å². The molecule has 0 spiro atoms. The van der Waals surface area contributed by atoms with Crippen LogP contribution >= 0.6 is 39.1 Å². The second kappa shape index (κ2) is 6.24. The first-order chi connectivity index (χ1) is 10.6. The van der Waals surface area contributed by atoms with E-state index in [-0.39, 0.29) is 11.6 Å². The number of benzene rings is 2. The maximum absolute atomic E-state index is 12.0. The molecule has 2 aromatic carbocycles. The van der Waals surface area contributed by atoms with Crippen LogP contribution in [0.2, 0.25) is 10.0 Å². The Hall–Kier alpha value is -1.62. The Balaban J connectivity index is 2.04. The van der Waals surface area contributed by atoms with E-state index in [4.69, 9.17) is 27.9 Å². The van der Waals surface area contributed by atoms with Crippen molar-refractivity contribution in [2.75, 3.05) is 0 Å². The summed E-state index contributed by atoms with van der Waals surface area (Å²) in [5.41, 5.74) is 1.39. The summed E-state index contributed by atoms with van der Waals surface area (Å²) in [6, 6.07) is 12.5. The van der Waals surface area contributed by atoms with E-state index < -0.39 is 5.97 Å². The van der Waals surface area contributed by atoms with Crippen LogP contribution in [-0.4, -0.2) is 11.9 Å². The number of carbonyl (C=O) groups excluding carboxylic acids is 1. The van der Waals surface area contributed by atoms with E-state index in [0.717, 1.165) is 4.47 Å². The summed E-state index contributed by atoms with van der Waals surface area (Å²) in [5, 5.41) is 0.884. The minimum absolute atomic E-state index is 0.153. The fourth-order valence-corrected chi connectivity index (χ4v) is 2.91. The van der Waals surface area contributed by atoms with Gasteiger partial charge in [0.2, 0.25) is 5.90 Å². The van der Waals surface area contributed by atoms with Gasteiger partial charge in [0.1, 0.15) is 0 Å². The second-order valence-corrected chi connectivity index (χ2v) is 6.12. The van der Waals surface area contributed by atoms with Gasteiger partial charge in [-0.15, -0.1) is 0 Å². The molecule has 0 aromatic heterocycles. The van der Waals surface area contributed by atoms with Crippen molar-refractivity contribution in [2.45, 2.75) is 0 Å². The van der Waals surface area contributed by atoms with Crippen molar-refractivity contribution in [3.05, 3.63) is 73.8 Å². The highest BCUT2D eigenvalue weighted by Crippen LogP contribution is 2.29. The van der Waals surface area contributed by atoms with Crippen molar-refractivity contribution in [3.63, 3.8) is 0 Å². The van der Waals surface area contributed by atoms with Gasteiger partial charge < -0.3 is 4.74 Å². The van der Waals surface area contributed by atoms with Crippen LogP contribution in [0.15, 0.2) is 57.6 Å². The Morgan fingerprint density at radius 1 is 1.05 bits per heavy atom. The van der Waals surface area contributed by atoms with E-state index in [1.54, 1.807) is 18.2 Å². The minimum Gasteiger partial charge on any atom is -0.402 e. The van der Waals surface area contributed by atoms with Crippen molar-refractivity contribution in [3.8, 4) is 0 Å². The quantitative estimate of drug-likeness (QED) is 0.523. The normalized spacial score (nSPS) is 15.9. The van der Waals surface area contributed by atoms with Crippen LogP contribution in [0.1, 0.15) is 11.1 Å². The molecule has 6 heteroatoms. The third-order valence-electron chi connectivity index (χ3n) is 3.01. The summed E-state index contributed by atoms with van der Waals surface area (Å²) >= 11 is 15.6. The van der Waals surface area contributed by atoms with Gasteiger partial charge in [-0.25, -0.2) is 9.79 Å². The third-order valence-corrected chi connectivity index (χ3v) is 4.36. The Labute approximate surface area is 145 Å². The molecule has 1 aliphatic heterocycles. The molecular weight excluding hydrogens is 389 g/mol. The molecule has 22 heavy (non-hydrogen) atoms. The molecule has 0 saturated heterocycles. The van der Waals surface area contributed by atoms with Crippen molar-refractivity contribution >= 4 is 57.1 Å². The molecule has 0 N–H and O–H groups in total. The molecule has 0 atom stereocenters. The van der Waals surface area contributed by atoms with Gasteiger partial charge >= 0.3 is 5.97 Å². The summed E-state index contributed by atoms with van der Waals surface area (Å²) in [4.78, 5) is 16.2. The van der Waals surface area contributed by atoms with Gasteiger partial charge in [0.05, 0.1) is 5.56 Å². The first kappa shape index (κ1) is 15.3. The first-order valence-corrected chi connectivity index (χ1v) is 7.82. The minimum atomic E-state index is -0.540. The summed E-state index contributed by atoms with van der Waals surface area (Å²) in [7, 11) is 0. The van der Waals surface area contributed by atoms with E-state index in [9.17, 15) is 4.79 Å². The number of halogens is 3. The maximum atomic E-state index is 12.0. The van der Waals surface area contributed by atoms with Crippen LogP contribution in [0.4, 0.5) is 0 Å². The van der Waals surface area contributed by atoms with Crippen LogP contribution < -0.4 is 0 Å². The van der Waals surface area contributed by atoms with Gasteiger partial charge in [0, 0.05) is 20.1 Å². The van der Waals surface area contributed by atoms with Crippen LogP contribution in [0.25, 0.3) is 6.08 Å². The number of cyclic esters (lactones) is 1. The zero-order valence-corrected chi connectivity index (χ0v) is 14.1. The molecule has 0 radical (unpaired) electrons. The van der Waals surface area contributed by atoms with Gasteiger partial charge in [0.15, 0.2) is 5.70 Å². The van der Waals surface area contributed by atoms with Gasteiger partial charge in [-0.1, -0.05) is 41.4 Å². The molecule has 0 saturated carbocycles. The van der Waals surface area contributed by atoms with Crippen LogP contribution in [0, 0.1) is 0 Å². The molecule has 0 amide bonds. The largest absolute Gasteiger partial charge is 0.402 e. The molecule has 0 unspecified atom stereocenters. The van der Waals surface area contributed by atoms with E-state index in [1.807, 2.05) is 24.3 Å². The number of esters is 1. The lowest BCUT2D eigenvalue weighted by Crippen LogP contribution is -2.05. The predicted octanol–water partition coefficient (Wildman–Crippen LogP) is 5.10. The number of aliphatic imine (C=N–C) groups is 1. The molecule has 0 fully saturated rings. The molecular formula is C16H8BrCl2NO2. The molecule has 3 rings (SSSR count). The molecule has 1 heterocycles. The zero-order valence-electron chi connectivity index (χ0n) is 11.0. The monoisotopic (exact) mass is 395 g/mol. The van der Waals surface area contributed by atoms with E-state index in [2.05, 4.69) is 20.9 Å². The Kier molecular flexibility index (Phi) is 4.34. The van der Waals surface area contributed by atoms with Crippen molar-refractivity contribution in [2.24, 2.45) is 4.99 Å². The third kappa shape index (κ3) is 2.95. The zero-order chi connectivity index (χ0) is 15.7. The summed E-state index contributed by atoms with van der Waals surface area (Å²) in [5.74, 6) is -0.298. The molecule has 110 valence electrons. The van der Waals surface area contributed by atoms with E-state index >= 15 is 0 Å². The number of carbonyl (C=O) groups is 1. The van der Waals surface area contributed by atoms with Gasteiger partial charge in [-0.2, -0.15) is 0 Å². The molecule has 3 nitrogen and oxygen atoms in total. The summed E-state index contributed by atoms with van der Waals surface area (Å²) in [6.45, 7) is 0. The lowest BCUT2D eigenvalue weighted by atomic mass is 10.2. The van der Waals surface area contributed by atoms with Crippen molar-refractivity contribution in [1.29, 1.82) is 0 Å². The maximum Gasteiger partial charge on any atom is 0.363 e. The Bertz CT molecular complexity index is 810. The standard InChI is InChI=1S/C16H8BrCl2NO2/c17-11-5-2-1-4-9(11)15-20-14(16(21)22-15)8-10-12(18)6-3-7-13(10)19/h1-8H/b14-8-. The summed E-state index contributed by atoms with van der Waals surface area (Å²) < 4.78 is 6.01. The van der Waals surface area contributed by atoms with Gasteiger partial charge in [-0.3, -0.25) is 0 Å². The number of nitrogens with zero attached hydrogens (tertiary/aromatic N) is 1. The SMILES string of the molecule is O=C1OC(c2ccccc2Br)=N/C1=C\c1c(Cl)cccc1Cl. The molecule has 2 aromatic rings. The highest BCUT2D eigenvalue weighted by Gasteiger charge is 2.25. The van der Waals surface area contributed by atoms with Crippen molar-refractivity contribution < 1.29 is 9.53 Å². The van der Waals surface area contributed by atoms with Crippen LogP contribution in [-0.2, 0) is 9.53 Å². The predicted molar refractivity (Wildman–Crippen MR) is 91.2 cm³/mol. The van der Waals surface area contributed by atoms with Gasteiger partial charge in [-0.05, 0) is 46.3 Å². The fourth-order valence-electron chi connectivity index (χ4n) is 1.94.